The number of nitrogens with zero attached hydrogens (tertiary/aromatic N) is 8. The molecule has 2 aromatic heterocycles. The molecule has 6 aliphatic heterocycles. The molecular formula is C61H73F2N12O11+. The summed E-state index contributed by atoms with van der Waals surface area (Å²) in [4.78, 5) is 112. The maximum Gasteiger partial charge on any atom is 0.407 e. The number of rotatable bonds is 14. The summed E-state index contributed by atoms with van der Waals surface area (Å²) >= 11 is 0. The van der Waals surface area contributed by atoms with Gasteiger partial charge in [0.1, 0.15) is 48.7 Å². The van der Waals surface area contributed by atoms with Gasteiger partial charge in [-0.25, -0.2) is 38.0 Å². The first-order valence-corrected chi connectivity index (χ1v) is 30.9. The Balaban J connectivity index is 0.740. The van der Waals surface area contributed by atoms with Gasteiger partial charge in [0, 0.05) is 50.6 Å². The van der Waals surface area contributed by atoms with Crippen molar-refractivity contribution >= 4 is 53.4 Å². The average molecular weight is 1190 g/mol. The first kappa shape index (κ1) is 56.4. The van der Waals surface area contributed by atoms with E-state index in [0.29, 0.717) is 25.8 Å². The Labute approximate surface area is 496 Å². The molecule has 20 atom stereocenters. The number of ether oxygens (including phenoxy) is 4. The first-order chi connectivity index (χ1) is 41.5. The molecule has 14 rings (SSSR count). The van der Waals surface area contributed by atoms with Gasteiger partial charge in [0.15, 0.2) is 17.6 Å². The number of anilines is 2. The molecule has 0 radical (unpaired) electrons. The Morgan fingerprint density at radius 2 is 1.45 bits per heavy atom. The molecule has 2 aromatic rings. The van der Waals surface area contributed by atoms with Gasteiger partial charge in [0.25, 0.3) is 5.91 Å². The molecule has 7 amide bonds. The van der Waals surface area contributed by atoms with Gasteiger partial charge in [-0.05, 0) is 147 Å². The number of carbonyl (C=O) groups is 7. The van der Waals surface area contributed by atoms with Crippen LogP contribution in [0, 0.1) is 93.7 Å². The first-order valence-electron chi connectivity index (χ1n) is 30.9. The number of alkyl carbamates (subject to hydrolysis) is 2. The van der Waals surface area contributed by atoms with E-state index in [-0.39, 0.29) is 134 Å². The van der Waals surface area contributed by atoms with Gasteiger partial charge in [0.2, 0.25) is 29.1 Å². The zero-order chi connectivity index (χ0) is 59.8. The standard InChI is InChI=1S/C61H72F2N12O11/c1-4-28(48(67-59(81)83-2)55(77)74-25-38-32-16-36(40(63)18-32)47(38)51(74)57(79)75-27-61(20-34(75)22-65)58(80)69-52-42(86-61)7-5-13-66-52)23-71-14-6-8-43-53(71)70-54(76)50-44(85-43)19-33(21-64)72(50)26-41-46-35-15-31(17-39(35)62)37(46)24-73(41)56(78)49(68-60(82)84-3)45(29-9-10-29)30-11-12-30/h5-8,13-14,28-41,44-51H,4,9-12,15-20,23-27H2,1-3H3,(H3,66,67,68,69,80,81,82)/p+1/t28-,31+,32+,33+,34+,35-,36-,37-,38-,39-,40-,41-,44-,46+,47+,48+,49+,50?,51+,61-/m1/s1. The second-order valence-electron chi connectivity index (χ2n) is 26.7. The second-order valence-corrected chi connectivity index (χ2v) is 26.7. The monoisotopic (exact) mass is 1190 g/mol. The number of amides is 7. The molecule has 8 heterocycles. The van der Waals surface area contributed by atoms with Crippen molar-refractivity contribution in [2.45, 2.75) is 150 Å². The Hall–Kier alpha value is -7.41. The number of hydrogen-bond donors (Lipinski definition) is 4. The Bertz CT molecular complexity index is 3220. The second kappa shape index (κ2) is 21.5. The van der Waals surface area contributed by atoms with Crippen LogP contribution >= 0.6 is 0 Å². The van der Waals surface area contributed by atoms with Crippen LogP contribution in [-0.2, 0) is 40.0 Å². The summed E-state index contributed by atoms with van der Waals surface area (Å²) in [6.07, 6.45) is 4.46. The highest BCUT2D eigenvalue weighted by molar-refractivity contribution is 6.02. The van der Waals surface area contributed by atoms with Gasteiger partial charge in [-0.3, -0.25) is 24.1 Å². The van der Waals surface area contributed by atoms with Crippen molar-refractivity contribution in [3.63, 3.8) is 0 Å². The number of aromatic nitrogens is 2. The molecule has 4 bridgehead atoms. The molecule has 10 fully saturated rings. The number of hydrogen-bond acceptors (Lipinski definition) is 15. The quantitative estimate of drug-likeness (QED) is 0.197. The smallest absolute Gasteiger partial charge is 0.407 e. The summed E-state index contributed by atoms with van der Waals surface area (Å²) in [6.45, 7) is 2.04. The van der Waals surface area contributed by atoms with Gasteiger partial charge in [-0.2, -0.15) is 10.5 Å². The largest absolute Gasteiger partial charge is 0.480 e. The van der Waals surface area contributed by atoms with Crippen molar-refractivity contribution in [3.8, 4) is 23.6 Å². The fourth-order valence-corrected chi connectivity index (χ4v) is 18.5. The van der Waals surface area contributed by atoms with Crippen LogP contribution in [0.2, 0.25) is 0 Å². The van der Waals surface area contributed by atoms with Crippen LogP contribution < -0.4 is 35.3 Å². The van der Waals surface area contributed by atoms with Crippen molar-refractivity contribution in [2.75, 3.05) is 51.0 Å². The lowest BCUT2D eigenvalue weighted by molar-refractivity contribution is -0.689. The minimum Gasteiger partial charge on any atom is -0.480 e. The highest BCUT2D eigenvalue weighted by atomic mass is 19.1. The number of pyridine rings is 2. The topological polar surface area (TPSA) is 282 Å². The molecule has 6 aliphatic carbocycles. The number of nitrogens with one attached hydrogen (secondary N) is 4. The predicted octanol–water partition coefficient (Wildman–Crippen LogP) is 3.48. The van der Waals surface area contributed by atoms with Gasteiger partial charge < -0.3 is 49.6 Å². The van der Waals surface area contributed by atoms with Crippen molar-refractivity contribution in [1.82, 2.24) is 35.2 Å². The number of likely N-dealkylation sites (tertiary alicyclic amines) is 4. The van der Waals surface area contributed by atoms with Gasteiger partial charge in [-0.1, -0.05) is 6.92 Å². The van der Waals surface area contributed by atoms with Crippen LogP contribution in [0.15, 0.2) is 36.7 Å². The molecule has 6 saturated carbocycles. The van der Waals surface area contributed by atoms with Gasteiger partial charge in [-0.15, -0.1) is 0 Å². The zero-order valence-corrected chi connectivity index (χ0v) is 48.3. The molecule has 86 heavy (non-hydrogen) atoms. The molecule has 4 N–H and O–H groups in total. The molecule has 1 spiro atoms. The third-order valence-corrected chi connectivity index (χ3v) is 22.5. The summed E-state index contributed by atoms with van der Waals surface area (Å²) in [5.41, 5.74) is -1.66. The van der Waals surface area contributed by atoms with E-state index in [4.69, 9.17) is 18.9 Å². The molecule has 1 unspecified atom stereocenters. The molecule has 456 valence electrons. The number of halogens is 2. The van der Waals surface area contributed by atoms with E-state index >= 15 is 28.0 Å². The van der Waals surface area contributed by atoms with E-state index in [1.54, 1.807) is 35.0 Å². The van der Waals surface area contributed by atoms with E-state index in [1.807, 2.05) is 16.7 Å². The lowest BCUT2D eigenvalue weighted by atomic mass is 9.77. The third kappa shape index (κ3) is 9.16. The van der Waals surface area contributed by atoms with Crippen molar-refractivity contribution in [1.29, 1.82) is 10.5 Å². The lowest BCUT2D eigenvalue weighted by Gasteiger charge is -2.39. The highest BCUT2D eigenvalue weighted by Crippen LogP contribution is 2.61. The maximum absolute atomic E-state index is 16.0. The van der Waals surface area contributed by atoms with Crippen LogP contribution in [0.4, 0.5) is 30.0 Å². The summed E-state index contributed by atoms with van der Waals surface area (Å²) in [6, 6.07) is 4.21. The fraction of sp³-hybridized carbons (Fsp3) is 0.689. The highest BCUT2D eigenvalue weighted by Gasteiger charge is 2.67. The van der Waals surface area contributed by atoms with Crippen LogP contribution in [0.25, 0.3) is 0 Å². The lowest BCUT2D eigenvalue weighted by Crippen LogP contribution is -2.60. The van der Waals surface area contributed by atoms with Crippen LogP contribution in [-0.4, -0.2) is 173 Å². The molecule has 23 nitrogen and oxygen atoms in total. The average Bonchev–Trinajstić information content (AvgIpc) is 1.66. The number of alkyl halides is 2. The van der Waals surface area contributed by atoms with Crippen LogP contribution in [0.1, 0.15) is 77.6 Å². The minimum atomic E-state index is -1.66. The molecule has 12 aliphatic rings. The minimum absolute atomic E-state index is 0.00667. The van der Waals surface area contributed by atoms with Crippen LogP contribution in [0.3, 0.4) is 0 Å². The Morgan fingerprint density at radius 3 is 2.12 bits per heavy atom. The van der Waals surface area contributed by atoms with E-state index in [1.165, 1.54) is 23.1 Å². The van der Waals surface area contributed by atoms with Gasteiger partial charge in [0.05, 0.1) is 45.6 Å². The van der Waals surface area contributed by atoms with Crippen molar-refractivity contribution in [3.05, 3.63) is 36.7 Å². The van der Waals surface area contributed by atoms with E-state index < -0.39 is 120 Å². The normalized spacial score (nSPS) is 36.9. The van der Waals surface area contributed by atoms with E-state index in [0.717, 1.165) is 32.8 Å². The number of carbonyl (C=O) groups excluding carboxylic acids is 7. The van der Waals surface area contributed by atoms with Crippen molar-refractivity contribution in [2.24, 2.45) is 71.0 Å². The third-order valence-electron chi connectivity index (χ3n) is 22.5. The summed E-state index contributed by atoms with van der Waals surface area (Å²) in [5.74, 6) is -3.86. The SMILES string of the molecule is CC[C@H](C[n+]1cccc2c1NC(=O)C1[C@@H](C[C@@H](C#N)N1C[C@@H]1[C@@H]3[C@H](CN1C(=O)[C@@H](NC(=O)OC)C(C1CC1)C1CC1)[C@H]1C[C@@H]3[C@H](F)C1)O2)[C@H](NC(=O)OC)C(=O)N1C[C@@H]2[C@H]3C[C@@H]([C@@H]2[C@H]1C(=O)N1C[C@@]2(C[C@H]1C#N)Oc1cccnc1NC2=O)[C@H](F)C3. The van der Waals surface area contributed by atoms with Gasteiger partial charge >= 0.3 is 23.9 Å². The summed E-state index contributed by atoms with van der Waals surface area (Å²) < 4.78 is 56.9. The Morgan fingerprint density at radius 1 is 0.814 bits per heavy atom. The zero-order valence-electron chi connectivity index (χ0n) is 48.3. The summed E-state index contributed by atoms with van der Waals surface area (Å²) in [7, 11) is 2.44. The predicted molar refractivity (Wildman–Crippen MR) is 295 cm³/mol. The molecular weight excluding hydrogens is 1110 g/mol. The Kier molecular flexibility index (Phi) is 14.1. The molecule has 4 saturated heterocycles. The van der Waals surface area contributed by atoms with E-state index in [9.17, 15) is 24.9 Å². The number of nitriles is 2. The molecule has 25 heteroatoms. The molecule has 0 aromatic carbocycles. The van der Waals surface area contributed by atoms with E-state index in [2.05, 4.69) is 38.4 Å². The van der Waals surface area contributed by atoms with Crippen LogP contribution in [0.5, 0.6) is 11.5 Å². The number of methoxy groups -OCH3 is 2. The number of fused-ring (bicyclic) bond motifs is 13. The fourth-order valence-electron chi connectivity index (χ4n) is 18.5. The summed E-state index contributed by atoms with van der Waals surface area (Å²) in [5, 5.41) is 33.0. The maximum atomic E-state index is 16.0. The van der Waals surface area contributed by atoms with Crippen molar-refractivity contribution < 1.29 is 65.9 Å².